The van der Waals surface area contributed by atoms with E-state index in [1.807, 2.05) is 12.1 Å². The summed E-state index contributed by atoms with van der Waals surface area (Å²) in [5.41, 5.74) is 2.28. The molecule has 1 aromatic rings. The molecular weight excluding hydrogens is 373 g/mol. The summed E-state index contributed by atoms with van der Waals surface area (Å²) in [6, 6.07) is 10.8. The molecule has 0 fully saturated rings. The summed E-state index contributed by atoms with van der Waals surface area (Å²) >= 11 is -2.17. The van der Waals surface area contributed by atoms with E-state index in [2.05, 4.69) is 39.0 Å². The molecule has 0 aromatic heterocycles. The summed E-state index contributed by atoms with van der Waals surface area (Å²) in [5, 5.41) is 9.42. The van der Waals surface area contributed by atoms with Gasteiger partial charge >= 0.3 is 142 Å². The minimum atomic E-state index is -2.17. The van der Waals surface area contributed by atoms with Gasteiger partial charge in [0, 0.05) is 0 Å². The molecule has 0 saturated carbocycles. The molecule has 0 atom stereocenters. The quantitative estimate of drug-likeness (QED) is 0.386. The fourth-order valence-corrected chi connectivity index (χ4v) is 19.8. The van der Waals surface area contributed by atoms with Crippen LogP contribution in [-0.2, 0) is 4.44 Å². The van der Waals surface area contributed by atoms with Crippen LogP contribution < -0.4 is 0 Å². The second kappa shape index (κ2) is 11.1. The summed E-state index contributed by atoms with van der Waals surface area (Å²) < 4.78 is 5.85. The third kappa shape index (κ3) is 6.32. The zero-order chi connectivity index (χ0) is 16.3. The Kier molecular flexibility index (Phi) is 9.87. The zero-order valence-electron chi connectivity index (χ0n) is 14.8. The van der Waals surface area contributed by atoms with E-state index in [4.69, 9.17) is 0 Å². The van der Waals surface area contributed by atoms with Crippen LogP contribution in [0.2, 0.25) is 13.3 Å². The number of rotatable bonds is 11. The van der Waals surface area contributed by atoms with Crippen LogP contribution in [0.1, 0.15) is 70.4 Å². The summed E-state index contributed by atoms with van der Waals surface area (Å²) in [6.07, 6.45) is 8.15. The van der Waals surface area contributed by atoms with E-state index in [9.17, 15) is 5.26 Å². The molecule has 1 nitrogen and oxygen atoms in total. The Bertz CT molecular complexity index is 439. The van der Waals surface area contributed by atoms with Crippen molar-refractivity contribution in [3.8, 4) is 6.07 Å². The predicted octanol–water partition coefficient (Wildman–Crippen LogP) is 6.49. The Morgan fingerprint density at radius 2 is 1.36 bits per heavy atom. The number of hydrogen-bond donors (Lipinski definition) is 0. The Balaban J connectivity index is 3.01. The van der Waals surface area contributed by atoms with Gasteiger partial charge in [0.2, 0.25) is 0 Å². The minimum absolute atomic E-state index is 0.924. The number of nitriles is 1. The number of nitrogens with zero attached hydrogens (tertiary/aromatic N) is 1. The zero-order valence-corrected chi connectivity index (χ0v) is 17.7. The van der Waals surface area contributed by atoms with Crippen molar-refractivity contribution in [3.63, 3.8) is 0 Å². The molecule has 0 amide bonds. The topological polar surface area (TPSA) is 23.8 Å². The molecule has 0 aliphatic heterocycles. The first kappa shape index (κ1) is 19.6. The van der Waals surface area contributed by atoms with Crippen molar-refractivity contribution < 1.29 is 0 Å². The molecule has 0 aliphatic carbocycles. The molecule has 1 aromatic carbocycles. The Morgan fingerprint density at radius 1 is 0.864 bits per heavy atom. The maximum atomic E-state index is 9.42. The van der Waals surface area contributed by atoms with E-state index in [0.29, 0.717) is 0 Å². The van der Waals surface area contributed by atoms with Crippen LogP contribution >= 0.6 is 0 Å². The molecule has 0 heterocycles. The fraction of sp³-hybridized carbons (Fsp3) is 0.650. The van der Waals surface area contributed by atoms with Crippen molar-refractivity contribution in [3.05, 3.63) is 35.4 Å². The van der Waals surface area contributed by atoms with Crippen molar-refractivity contribution >= 4 is 18.4 Å². The molecule has 0 saturated heterocycles. The van der Waals surface area contributed by atoms with Crippen LogP contribution in [0, 0.1) is 11.3 Å². The Hall–Kier alpha value is -0.491. The van der Waals surface area contributed by atoms with E-state index in [1.165, 1.54) is 61.8 Å². The summed E-state index contributed by atoms with van der Waals surface area (Å²) in [4.78, 5) is 0. The van der Waals surface area contributed by atoms with Gasteiger partial charge in [-0.3, -0.25) is 0 Å². The average molecular weight is 406 g/mol. The van der Waals surface area contributed by atoms with Crippen molar-refractivity contribution in [2.75, 3.05) is 0 Å². The number of unbranched alkanes of at least 4 members (excludes halogenated alkanes) is 3. The van der Waals surface area contributed by atoms with Crippen molar-refractivity contribution in [2.24, 2.45) is 0 Å². The van der Waals surface area contributed by atoms with Gasteiger partial charge in [0.1, 0.15) is 0 Å². The summed E-state index contributed by atoms with van der Waals surface area (Å²) in [5.74, 6) is 0. The Morgan fingerprint density at radius 3 is 1.82 bits per heavy atom. The van der Waals surface area contributed by atoms with Crippen LogP contribution in [0.4, 0.5) is 0 Å². The summed E-state index contributed by atoms with van der Waals surface area (Å²) in [6.45, 7) is 6.96. The van der Waals surface area contributed by atoms with Crippen molar-refractivity contribution in [1.29, 1.82) is 5.26 Å². The van der Waals surface area contributed by atoms with Crippen LogP contribution in [0.5, 0.6) is 0 Å². The molecule has 0 spiro atoms. The van der Waals surface area contributed by atoms with Crippen molar-refractivity contribution in [1.82, 2.24) is 0 Å². The normalized spacial score (nSPS) is 11.4. The van der Waals surface area contributed by atoms with Gasteiger partial charge in [-0.1, -0.05) is 0 Å². The third-order valence-electron chi connectivity index (χ3n) is 4.89. The molecule has 2 heteroatoms. The third-order valence-corrected chi connectivity index (χ3v) is 20.2. The van der Waals surface area contributed by atoms with E-state index < -0.39 is 18.4 Å². The van der Waals surface area contributed by atoms with Gasteiger partial charge in [-0.05, 0) is 0 Å². The van der Waals surface area contributed by atoms with Gasteiger partial charge in [0.15, 0.2) is 0 Å². The molecule has 0 aliphatic rings. The van der Waals surface area contributed by atoms with E-state index in [1.54, 1.807) is 0 Å². The molecule has 122 valence electrons. The van der Waals surface area contributed by atoms with Crippen LogP contribution in [0.25, 0.3) is 0 Å². The molecular formula is C20H33NSn. The van der Waals surface area contributed by atoms with Gasteiger partial charge in [-0.25, -0.2) is 0 Å². The molecule has 0 radical (unpaired) electrons. The van der Waals surface area contributed by atoms with E-state index in [-0.39, 0.29) is 0 Å². The maximum absolute atomic E-state index is 9.42. The van der Waals surface area contributed by atoms with Crippen molar-refractivity contribution in [2.45, 2.75) is 77.0 Å². The number of benzene rings is 1. The average Bonchev–Trinajstić information content (AvgIpc) is 2.56. The molecule has 0 bridgehead atoms. The van der Waals surface area contributed by atoms with Gasteiger partial charge in [0.25, 0.3) is 0 Å². The SMILES string of the molecule is CCC[CH2][Sn]([CH2]CCC)([CH2]CCC)[CH2]c1ccccc1C#N. The standard InChI is InChI=1S/C8H6N.3C4H9.Sn/c1-7-4-2-3-5-8(7)6-9;3*1-3-4-2;/h2-5H,1H2;3*1,3-4H2,2H3;. The first-order valence-electron chi connectivity index (χ1n) is 9.19. The second-order valence-electron chi connectivity index (χ2n) is 6.76. The van der Waals surface area contributed by atoms with Crippen LogP contribution in [-0.4, -0.2) is 18.4 Å². The molecule has 22 heavy (non-hydrogen) atoms. The van der Waals surface area contributed by atoms with Gasteiger partial charge in [0.05, 0.1) is 0 Å². The van der Waals surface area contributed by atoms with E-state index in [0.717, 1.165) is 5.56 Å². The van der Waals surface area contributed by atoms with Crippen LogP contribution in [0.3, 0.4) is 0 Å². The fourth-order valence-electron chi connectivity index (χ4n) is 3.48. The predicted molar refractivity (Wildman–Crippen MR) is 99.8 cm³/mol. The first-order chi connectivity index (χ1) is 10.7. The monoisotopic (exact) mass is 407 g/mol. The molecule has 0 unspecified atom stereocenters. The van der Waals surface area contributed by atoms with Gasteiger partial charge < -0.3 is 0 Å². The Labute approximate surface area is 142 Å². The van der Waals surface area contributed by atoms with Crippen LogP contribution in [0.15, 0.2) is 24.3 Å². The first-order valence-corrected chi connectivity index (χ1v) is 17.3. The number of hydrogen-bond acceptors (Lipinski definition) is 1. The van der Waals surface area contributed by atoms with Gasteiger partial charge in [-0.2, -0.15) is 0 Å². The van der Waals surface area contributed by atoms with Gasteiger partial charge in [-0.15, -0.1) is 0 Å². The second-order valence-corrected chi connectivity index (χ2v) is 20.6. The van der Waals surface area contributed by atoms with E-state index >= 15 is 0 Å². The molecule has 1 rings (SSSR count). The summed E-state index contributed by atoms with van der Waals surface area (Å²) in [7, 11) is 0. The molecule has 0 N–H and O–H groups in total.